The van der Waals surface area contributed by atoms with E-state index in [1.165, 1.54) is 24.3 Å². The minimum atomic E-state index is -1.50. The van der Waals surface area contributed by atoms with Crippen molar-refractivity contribution in [1.29, 1.82) is 0 Å². The Morgan fingerprint density at radius 3 is 1.80 bits per heavy atom. The SMILES string of the molecule is Nc1ccc(O)c(C(=O)O)c1.Nc1ccc([O-])c(C(=O)[O-])c1.[Cl][Pt+2][Cl]. The van der Waals surface area contributed by atoms with Gasteiger partial charge in [-0.25, -0.2) is 4.79 Å². The van der Waals surface area contributed by atoms with E-state index in [-0.39, 0.29) is 17.0 Å². The molecule has 8 nitrogen and oxygen atoms in total. The first-order valence-corrected chi connectivity index (χ1v) is 11.7. The number of carbonyl (C=O) groups excluding carboxylic acids is 1. The molecule has 6 N–H and O–H groups in total. The van der Waals surface area contributed by atoms with Crippen LogP contribution in [-0.4, -0.2) is 22.2 Å². The van der Waals surface area contributed by atoms with Crippen molar-refractivity contribution in [1.82, 2.24) is 0 Å². The second-order valence-corrected chi connectivity index (χ2v) is 7.45. The molecule has 0 amide bonds. The van der Waals surface area contributed by atoms with Gasteiger partial charge in [0, 0.05) is 11.4 Å². The van der Waals surface area contributed by atoms with Crippen LogP contribution in [0.3, 0.4) is 0 Å². The van der Waals surface area contributed by atoms with E-state index in [1.54, 1.807) is 0 Å². The van der Waals surface area contributed by atoms with E-state index >= 15 is 0 Å². The molecular weight excluding hydrogens is 558 g/mol. The molecule has 0 aliphatic carbocycles. The van der Waals surface area contributed by atoms with Crippen LogP contribution in [0.1, 0.15) is 20.7 Å². The number of phenols is 1. The van der Waals surface area contributed by atoms with Crippen molar-refractivity contribution in [2.75, 3.05) is 11.5 Å². The van der Waals surface area contributed by atoms with Crippen molar-refractivity contribution in [3.8, 4) is 11.5 Å². The van der Waals surface area contributed by atoms with Crippen LogP contribution in [-0.2, 0) is 16.5 Å². The van der Waals surface area contributed by atoms with Crippen LogP contribution < -0.4 is 21.7 Å². The molecule has 0 unspecified atom stereocenters. The van der Waals surface area contributed by atoms with Crippen molar-refractivity contribution < 1.29 is 46.5 Å². The Hall–Kier alpha value is -2.15. The maximum atomic E-state index is 10.7. The molecule has 2 aromatic carbocycles. The van der Waals surface area contributed by atoms with E-state index in [2.05, 4.69) is 0 Å². The summed E-state index contributed by atoms with van der Waals surface area (Å²) in [4.78, 5) is 20.6. The van der Waals surface area contributed by atoms with Gasteiger partial charge in [0.15, 0.2) is 0 Å². The number of carbonyl (C=O) groups is 2. The molecule has 0 atom stereocenters. The maximum absolute atomic E-state index is 10.7. The number of nitrogen functional groups attached to an aromatic ring is 2. The fraction of sp³-hybridized carbons (Fsp3) is 0. The summed E-state index contributed by atoms with van der Waals surface area (Å²) in [5.74, 6) is -3.54. The Balaban J connectivity index is 0.000000399. The zero-order valence-corrected chi connectivity index (χ0v) is 16.0. The number of aromatic carboxylic acids is 2. The first kappa shape index (κ1) is 22.8. The van der Waals surface area contributed by atoms with E-state index in [9.17, 15) is 19.8 Å². The molecule has 2 rings (SSSR count). The van der Waals surface area contributed by atoms with Crippen LogP contribution in [0.25, 0.3) is 0 Å². The molecule has 0 spiro atoms. The predicted molar refractivity (Wildman–Crippen MR) is 85.8 cm³/mol. The standard InChI is InChI=1S/2C7H7NO3.2ClH.Pt/c2*8-4-1-2-6(9)5(3-4)7(10)11;;;/h2*1-3,9H,8H2,(H,10,11);2*1H;/q;;;;+4/p-4. The van der Waals surface area contributed by atoms with Crippen LogP contribution in [0.2, 0.25) is 0 Å². The fourth-order valence-corrected chi connectivity index (χ4v) is 1.43. The van der Waals surface area contributed by atoms with Gasteiger partial charge in [-0.3, -0.25) is 0 Å². The summed E-state index contributed by atoms with van der Waals surface area (Å²) in [6, 6.07) is 7.41. The third kappa shape index (κ3) is 8.49. The Morgan fingerprint density at radius 2 is 1.44 bits per heavy atom. The van der Waals surface area contributed by atoms with Crippen molar-refractivity contribution >= 4 is 42.1 Å². The molecule has 2 aromatic rings. The number of halogens is 2. The summed E-state index contributed by atoms with van der Waals surface area (Å²) in [5.41, 5.74) is 10.5. The van der Waals surface area contributed by atoms with Gasteiger partial charge in [-0.2, -0.15) is 0 Å². The number of anilines is 2. The minimum absolute atomic E-state index is 0.176. The molecule has 0 fully saturated rings. The third-order valence-electron chi connectivity index (χ3n) is 2.47. The molecule has 0 aliphatic rings. The van der Waals surface area contributed by atoms with Gasteiger partial charge in [-0.1, -0.05) is 11.8 Å². The molecule has 0 heterocycles. The molecule has 0 bridgehead atoms. The number of hydrogen-bond donors (Lipinski definition) is 4. The average molecular weight is 570 g/mol. The summed E-state index contributed by atoms with van der Waals surface area (Å²) < 4.78 is 0. The Labute approximate surface area is 159 Å². The Bertz CT molecular complexity index is 684. The van der Waals surface area contributed by atoms with Crippen molar-refractivity contribution in [2.24, 2.45) is 0 Å². The van der Waals surface area contributed by atoms with Gasteiger partial charge in [0.25, 0.3) is 0 Å². The molecule has 0 radical (unpaired) electrons. The van der Waals surface area contributed by atoms with Crippen molar-refractivity contribution in [3.05, 3.63) is 47.5 Å². The fourth-order valence-electron chi connectivity index (χ4n) is 1.43. The van der Waals surface area contributed by atoms with Crippen molar-refractivity contribution in [3.63, 3.8) is 0 Å². The number of nitrogens with two attached hydrogens (primary N) is 2. The molecule has 25 heavy (non-hydrogen) atoms. The van der Waals surface area contributed by atoms with Gasteiger partial charge in [0.1, 0.15) is 11.3 Å². The van der Waals surface area contributed by atoms with Crippen molar-refractivity contribution in [2.45, 2.75) is 0 Å². The van der Waals surface area contributed by atoms with E-state index < -0.39 is 39.7 Å². The molecule has 0 saturated carbocycles. The monoisotopic (exact) mass is 569 g/mol. The normalized spacial score (nSPS) is 9.20. The number of hydrogen-bond acceptors (Lipinski definition) is 7. The van der Waals surface area contributed by atoms with Gasteiger partial charge in [-0.05, 0) is 35.9 Å². The number of carboxylic acids is 2. The van der Waals surface area contributed by atoms with Gasteiger partial charge >= 0.3 is 41.3 Å². The number of aromatic hydroxyl groups is 1. The summed E-state index contributed by atoms with van der Waals surface area (Å²) in [7, 11) is 9.75. The van der Waals surface area contributed by atoms with Gasteiger partial charge < -0.3 is 36.7 Å². The van der Waals surface area contributed by atoms with E-state index in [1.807, 2.05) is 0 Å². The van der Waals surface area contributed by atoms with Gasteiger partial charge in [-0.15, -0.1) is 0 Å². The average Bonchev–Trinajstić information content (AvgIpc) is 2.53. The number of benzene rings is 2. The first-order valence-electron chi connectivity index (χ1n) is 6.06. The summed E-state index contributed by atoms with van der Waals surface area (Å²) >= 11 is -0.472. The quantitative estimate of drug-likeness (QED) is 0.303. The summed E-state index contributed by atoms with van der Waals surface area (Å²) in [5, 5.41) is 38.4. The summed E-state index contributed by atoms with van der Waals surface area (Å²) in [6.07, 6.45) is 0. The molecule has 11 heteroatoms. The molecule has 0 aliphatic heterocycles. The predicted octanol–water partition coefficient (Wildman–Crippen LogP) is 0.755. The van der Waals surface area contributed by atoms with Gasteiger partial charge in [0.05, 0.1) is 5.97 Å². The van der Waals surface area contributed by atoms with E-state index in [4.69, 9.17) is 40.5 Å². The molecular formula is C14H12Cl2N2O6Pt. The van der Waals surface area contributed by atoms with Gasteiger partial charge in [0.2, 0.25) is 0 Å². The molecule has 0 aromatic heterocycles. The second-order valence-electron chi connectivity index (χ2n) is 4.17. The van der Waals surface area contributed by atoms with E-state index in [0.29, 0.717) is 5.69 Å². The van der Waals surface area contributed by atoms with Crippen LogP contribution >= 0.6 is 18.8 Å². The number of carboxylic acid groups (broad SMARTS) is 2. The van der Waals surface area contributed by atoms with Crippen LogP contribution in [0.4, 0.5) is 11.4 Å². The van der Waals surface area contributed by atoms with Crippen LogP contribution in [0.15, 0.2) is 36.4 Å². The Kier molecular flexibility index (Phi) is 10.4. The van der Waals surface area contributed by atoms with Crippen LogP contribution in [0, 0.1) is 0 Å². The zero-order chi connectivity index (χ0) is 19.6. The second kappa shape index (κ2) is 11.4. The van der Waals surface area contributed by atoms with Crippen LogP contribution in [0.5, 0.6) is 11.5 Å². The molecule has 0 saturated heterocycles. The topological polar surface area (TPSA) is 173 Å². The third-order valence-corrected chi connectivity index (χ3v) is 2.47. The molecule has 138 valence electrons. The van der Waals surface area contributed by atoms with E-state index in [0.717, 1.165) is 12.1 Å². The number of rotatable bonds is 2. The zero-order valence-electron chi connectivity index (χ0n) is 12.2. The first-order chi connectivity index (χ1) is 11.6. The Morgan fingerprint density at radius 1 is 1.00 bits per heavy atom. The summed E-state index contributed by atoms with van der Waals surface area (Å²) in [6.45, 7) is 0.